The second kappa shape index (κ2) is 10.3. The maximum absolute atomic E-state index is 13.9. The number of carbonyl (C=O) groups is 1. The van der Waals surface area contributed by atoms with E-state index in [1.807, 2.05) is 0 Å². The number of hydrogen-bond acceptors (Lipinski definition) is 7. The molecule has 2 aromatic carbocycles. The molecule has 0 aliphatic rings. The third-order valence-electron chi connectivity index (χ3n) is 4.71. The average molecular weight is 439 g/mol. The molecule has 0 saturated heterocycles. The number of nitrogens with zero attached hydrogens (tertiary/aromatic N) is 2. The first-order valence-corrected chi connectivity index (χ1v) is 9.69. The zero-order chi connectivity index (χ0) is 23.1. The van der Waals surface area contributed by atoms with Crippen LogP contribution in [0.4, 0.5) is 4.39 Å². The van der Waals surface area contributed by atoms with Crippen molar-refractivity contribution in [2.45, 2.75) is 18.9 Å². The quantitative estimate of drug-likeness (QED) is 0.540. The molecule has 166 valence electrons. The van der Waals surface area contributed by atoms with Crippen LogP contribution in [0, 0.1) is 17.1 Å². The van der Waals surface area contributed by atoms with E-state index >= 15 is 0 Å². The Kier molecular flexibility index (Phi) is 7.29. The van der Waals surface area contributed by atoms with E-state index in [2.05, 4.69) is 16.4 Å². The molecule has 0 aliphatic heterocycles. The van der Waals surface area contributed by atoms with Gasteiger partial charge in [0.15, 0.2) is 23.1 Å². The SMILES string of the molecule is COc1cc(C(C#N)NC(=O)CCc2ncc(-c3ccccc3F)o2)cc(OC)c1OC. The van der Waals surface area contributed by atoms with E-state index in [9.17, 15) is 14.4 Å². The van der Waals surface area contributed by atoms with Crippen LogP contribution in [0.1, 0.15) is 23.9 Å². The van der Waals surface area contributed by atoms with Gasteiger partial charge in [-0.25, -0.2) is 9.37 Å². The van der Waals surface area contributed by atoms with E-state index in [0.29, 0.717) is 34.3 Å². The highest BCUT2D eigenvalue weighted by atomic mass is 19.1. The summed E-state index contributed by atoms with van der Waals surface area (Å²) in [5.41, 5.74) is 0.774. The van der Waals surface area contributed by atoms with E-state index in [4.69, 9.17) is 18.6 Å². The number of hydrogen-bond donors (Lipinski definition) is 1. The highest BCUT2D eigenvalue weighted by Gasteiger charge is 2.20. The Hall–Kier alpha value is -4.06. The van der Waals surface area contributed by atoms with Gasteiger partial charge in [-0.3, -0.25) is 4.79 Å². The molecule has 9 heteroatoms. The molecule has 32 heavy (non-hydrogen) atoms. The monoisotopic (exact) mass is 439 g/mol. The molecular formula is C23H22FN3O5. The lowest BCUT2D eigenvalue weighted by molar-refractivity contribution is -0.121. The number of benzene rings is 2. The van der Waals surface area contributed by atoms with Gasteiger partial charge in [-0.05, 0) is 29.8 Å². The number of halogens is 1. The topological polar surface area (TPSA) is 107 Å². The smallest absolute Gasteiger partial charge is 0.221 e. The van der Waals surface area contributed by atoms with Crippen molar-refractivity contribution < 1.29 is 27.8 Å². The van der Waals surface area contributed by atoms with E-state index in [0.717, 1.165) is 0 Å². The van der Waals surface area contributed by atoms with E-state index in [1.165, 1.54) is 33.6 Å². The molecule has 0 bridgehead atoms. The minimum Gasteiger partial charge on any atom is -0.493 e. The van der Waals surface area contributed by atoms with Crippen molar-refractivity contribution in [2.24, 2.45) is 0 Å². The fourth-order valence-corrected chi connectivity index (χ4v) is 3.12. The van der Waals surface area contributed by atoms with E-state index < -0.39 is 11.9 Å². The molecule has 1 amide bonds. The molecule has 0 radical (unpaired) electrons. The first-order valence-electron chi connectivity index (χ1n) is 9.69. The molecule has 0 saturated carbocycles. The maximum Gasteiger partial charge on any atom is 0.221 e. The summed E-state index contributed by atoms with van der Waals surface area (Å²) in [6.45, 7) is 0. The minimum absolute atomic E-state index is 0.0276. The van der Waals surface area contributed by atoms with E-state index in [-0.39, 0.29) is 24.5 Å². The van der Waals surface area contributed by atoms with Gasteiger partial charge in [-0.1, -0.05) is 12.1 Å². The molecule has 1 aromatic heterocycles. The lowest BCUT2D eigenvalue weighted by atomic mass is 10.1. The Morgan fingerprint density at radius 2 is 1.88 bits per heavy atom. The highest BCUT2D eigenvalue weighted by molar-refractivity contribution is 5.77. The van der Waals surface area contributed by atoms with Crippen molar-refractivity contribution in [3.05, 3.63) is 59.9 Å². The van der Waals surface area contributed by atoms with Gasteiger partial charge in [-0.15, -0.1) is 0 Å². The molecule has 1 unspecified atom stereocenters. The molecule has 3 rings (SSSR count). The fourth-order valence-electron chi connectivity index (χ4n) is 3.12. The Balaban J connectivity index is 1.67. The number of carbonyl (C=O) groups excluding carboxylic acids is 1. The maximum atomic E-state index is 13.9. The second-order valence-corrected chi connectivity index (χ2v) is 6.69. The number of rotatable bonds is 9. The van der Waals surface area contributed by atoms with Crippen molar-refractivity contribution in [1.29, 1.82) is 5.26 Å². The molecular weight excluding hydrogens is 417 g/mol. The van der Waals surface area contributed by atoms with Crippen LogP contribution >= 0.6 is 0 Å². The number of aromatic nitrogens is 1. The van der Waals surface area contributed by atoms with Crippen LogP contribution in [-0.2, 0) is 11.2 Å². The summed E-state index contributed by atoms with van der Waals surface area (Å²) < 4.78 is 35.3. The van der Waals surface area contributed by atoms with Crippen LogP contribution in [-0.4, -0.2) is 32.2 Å². The fraction of sp³-hybridized carbons (Fsp3) is 0.261. The van der Waals surface area contributed by atoms with Gasteiger partial charge in [0.05, 0.1) is 39.2 Å². The number of amides is 1. The number of aryl methyl sites for hydroxylation is 1. The van der Waals surface area contributed by atoms with Crippen LogP contribution in [0.25, 0.3) is 11.3 Å². The van der Waals surface area contributed by atoms with Crippen LogP contribution in [0.3, 0.4) is 0 Å². The zero-order valence-corrected chi connectivity index (χ0v) is 17.8. The van der Waals surface area contributed by atoms with Crippen molar-refractivity contribution in [2.75, 3.05) is 21.3 Å². The summed E-state index contributed by atoms with van der Waals surface area (Å²) in [5, 5.41) is 12.2. The predicted octanol–water partition coefficient (Wildman–Crippen LogP) is 3.82. The Bertz CT molecular complexity index is 1110. The predicted molar refractivity (Wildman–Crippen MR) is 113 cm³/mol. The van der Waals surface area contributed by atoms with Crippen LogP contribution < -0.4 is 19.5 Å². The summed E-state index contributed by atoms with van der Waals surface area (Å²) in [6, 6.07) is 10.5. The number of methoxy groups -OCH3 is 3. The summed E-state index contributed by atoms with van der Waals surface area (Å²) in [7, 11) is 4.41. The van der Waals surface area contributed by atoms with Gasteiger partial charge < -0.3 is 23.9 Å². The normalized spacial score (nSPS) is 11.3. The lowest BCUT2D eigenvalue weighted by Gasteiger charge is -2.17. The van der Waals surface area contributed by atoms with E-state index in [1.54, 1.807) is 30.3 Å². The molecule has 0 fully saturated rings. The minimum atomic E-state index is -0.935. The number of nitriles is 1. The molecule has 3 aromatic rings. The molecule has 0 spiro atoms. The van der Waals surface area contributed by atoms with Gasteiger partial charge in [0, 0.05) is 12.8 Å². The first-order chi connectivity index (χ1) is 15.5. The van der Waals surface area contributed by atoms with Crippen LogP contribution in [0.2, 0.25) is 0 Å². The molecule has 1 heterocycles. The summed E-state index contributed by atoms with van der Waals surface area (Å²) in [6.07, 6.45) is 1.63. The van der Waals surface area contributed by atoms with Crippen molar-refractivity contribution in [3.8, 4) is 34.6 Å². The standard InChI is InChI=1S/C23H22FN3O5/c1-29-18-10-14(11-19(30-2)23(18)31-3)17(12-25)27-21(28)8-9-22-26-13-20(32-22)15-6-4-5-7-16(15)24/h4-7,10-11,13,17H,8-9H2,1-3H3,(H,27,28). The lowest BCUT2D eigenvalue weighted by Crippen LogP contribution is -2.27. The highest BCUT2D eigenvalue weighted by Crippen LogP contribution is 2.39. The zero-order valence-electron chi connectivity index (χ0n) is 17.8. The Labute approximate surface area is 184 Å². The Morgan fingerprint density at radius 3 is 2.47 bits per heavy atom. The molecule has 0 aliphatic carbocycles. The average Bonchev–Trinajstić information content (AvgIpc) is 3.29. The largest absolute Gasteiger partial charge is 0.493 e. The molecule has 1 N–H and O–H groups in total. The van der Waals surface area contributed by atoms with Crippen LogP contribution in [0.5, 0.6) is 17.2 Å². The van der Waals surface area contributed by atoms with Gasteiger partial charge >= 0.3 is 0 Å². The van der Waals surface area contributed by atoms with Gasteiger partial charge in [0.1, 0.15) is 11.9 Å². The van der Waals surface area contributed by atoms with Gasteiger partial charge in [0.2, 0.25) is 11.7 Å². The number of oxazole rings is 1. The van der Waals surface area contributed by atoms with Gasteiger partial charge in [0.25, 0.3) is 0 Å². The second-order valence-electron chi connectivity index (χ2n) is 6.69. The summed E-state index contributed by atoms with van der Waals surface area (Å²) in [4.78, 5) is 16.5. The first kappa shape index (κ1) is 22.6. The third kappa shape index (κ3) is 4.98. The van der Waals surface area contributed by atoms with Crippen molar-refractivity contribution in [3.63, 3.8) is 0 Å². The van der Waals surface area contributed by atoms with Crippen molar-refractivity contribution in [1.82, 2.24) is 10.3 Å². The number of ether oxygens (including phenoxy) is 3. The summed E-state index contributed by atoms with van der Waals surface area (Å²) >= 11 is 0. The Morgan fingerprint density at radius 1 is 1.19 bits per heavy atom. The van der Waals surface area contributed by atoms with Crippen molar-refractivity contribution >= 4 is 5.91 Å². The third-order valence-corrected chi connectivity index (χ3v) is 4.71. The number of nitrogens with one attached hydrogen (secondary N) is 1. The molecule has 8 nitrogen and oxygen atoms in total. The van der Waals surface area contributed by atoms with Gasteiger partial charge in [-0.2, -0.15) is 5.26 Å². The summed E-state index contributed by atoms with van der Waals surface area (Å²) in [5.74, 6) is 0.904. The molecule has 1 atom stereocenters. The van der Waals surface area contributed by atoms with Crippen LogP contribution in [0.15, 0.2) is 47.0 Å².